The highest BCUT2D eigenvalue weighted by Gasteiger charge is 2.25. The maximum atomic E-state index is 13.8. The summed E-state index contributed by atoms with van der Waals surface area (Å²) in [5, 5.41) is 11.9. The van der Waals surface area contributed by atoms with Crippen molar-refractivity contribution in [3.63, 3.8) is 0 Å². The van der Waals surface area contributed by atoms with Crippen LogP contribution in [0.5, 0.6) is 0 Å². The van der Waals surface area contributed by atoms with Gasteiger partial charge in [-0.05, 0) is 74.0 Å². The van der Waals surface area contributed by atoms with Crippen LogP contribution in [0.3, 0.4) is 0 Å². The Morgan fingerprint density at radius 3 is 2.33 bits per heavy atom. The topological polar surface area (TPSA) is 104 Å². The molecule has 0 unspecified atom stereocenters. The van der Waals surface area contributed by atoms with E-state index in [1.165, 1.54) is 48.5 Å². The van der Waals surface area contributed by atoms with E-state index in [-0.39, 0.29) is 33.9 Å². The van der Waals surface area contributed by atoms with Crippen LogP contribution in [0.25, 0.3) is 0 Å². The number of amides is 1. The normalized spacial score (nSPS) is 11.2. The van der Waals surface area contributed by atoms with Crippen molar-refractivity contribution < 1.29 is 27.5 Å². The van der Waals surface area contributed by atoms with Crippen molar-refractivity contribution in [2.24, 2.45) is 0 Å². The number of aromatic carboxylic acids is 1. The Balaban J connectivity index is 1.88. The summed E-state index contributed by atoms with van der Waals surface area (Å²) in [7, 11) is -4.02. The van der Waals surface area contributed by atoms with E-state index in [4.69, 9.17) is 0 Å². The first-order valence-corrected chi connectivity index (χ1v) is 12.0. The molecule has 0 aliphatic rings. The van der Waals surface area contributed by atoms with Crippen molar-refractivity contribution in [2.45, 2.75) is 18.7 Å². The molecule has 1 amide bonds. The number of nitrogens with one attached hydrogen (secondary N) is 1. The Bertz CT molecular complexity index is 1330. The molecule has 0 spiro atoms. The molecule has 0 fully saturated rings. The third-order valence-electron chi connectivity index (χ3n) is 4.89. The van der Waals surface area contributed by atoms with Crippen molar-refractivity contribution in [3.8, 4) is 0 Å². The monoisotopic (exact) mass is 534 g/mol. The number of rotatable bonds is 7. The van der Waals surface area contributed by atoms with Crippen molar-refractivity contribution in [1.82, 2.24) is 0 Å². The van der Waals surface area contributed by atoms with Crippen LogP contribution in [0.4, 0.5) is 15.8 Å². The number of carbonyl (C=O) groups is 2. The second-order valence-corrected chi connectivity index (χ2v) is 9.85. The maximum Gasteiger partial charge on any atom is 0.337 e. The molecular formula is C23H20BrFN2O5S. The first-order chi connectivity index (χ1) is 15.5. The number of anilines is 2. The number of aryl methyl sites for hydroxylation is 1. The summed E-state index contributed by atoms with van der Waals surface area (Å²) >= 11 is 3.19. The van der Waals surface area contributed by atoms with Crippen LogP contribution in [0, 0.1) is 12.7 Å². The number of hydrogen-bond donors (Lipinski definition) is 2. The highest BCUT2D eigenvalue weighted by molar-refractivity contribution is 9.10. The van der Waals surface area contributed by atoms with Crippen LogP contribution in [0.1, 0.15) is 33.2 Å². The number of nitrogens with zero attached hydrogens (tertiary/aromatic N) is 1. The summed E-state index contributed by atoms with van der Waals surface area (Å²) in [4.78, 5) is 24.0. The lowest BCUT2D eigenvalue weighted by molar-refractivity contribution is 0.0698. The SMILES string of the molecule is CCN(c1cc(F)ccc1C)S(=O)(=O)c1ccc(C(=O)Nc2ccc(Br)cc2C(=O)O)cc1. The van der Waals surface area contributed by atoms with Gasteiger partial charge in [0, 0.05) is 16.6 Å². The molecule has 2 N–H and O–H groups in total. The molecule has 0 aliphatic carbocycles. The van der Waals surface area contributed by atoms with E-state index in [1.807, 2.05) is 0 Å². The fourth-order valence-electron chi connectivity index (χ4n) is 3.22. The third-order valence-corrected chi connectivity index (χ3v) is 7.29. The van der Waals surface area contributed by atoms with Gasteiger partial charge in [-0.25, -0.2) is 17.6 Å². The maximum absolute atomic E-state index is 13.8. The second kappa shape index (κ2) is 9.72. The van der Waals surface area contributed by atoms with Crippen molar-refractivity contribution in [1.29, 1.82) is 0 Å². The van der Waals surface area contributed by atoms with Gasteiger partial charge in [0.2, 0.25) is 0 Å². The van der Waals surface area contributed by atoms with E-state index in [2.05, 4.69) is 21.2 Å². The molecule has 3 aromatic rings. The Hall–Kier alpha value is -3.24. The van der Waals surface area contributed by atoms with Gasteiger partial charge in [-0.3, -0.25) is 9.10 Å². The van der Waals surface area contributed by atoms with E-state index in [1.54, 1.807) is 19.9 Å². The summed E-state index contributed by atoms with van der Waals surface area (Å²) < 4.78 is 41.8. The van der Waals surface area contributed by atoms with Gasteiger partial charge in [0.1, 0.15) is 5.82 Å². The number of carboxylic acids is 1. The minimum atomic E-state index is -4.02. The number of carboxylic acid groups (broad SMARTS) is 1. The minimum absolute atomic E-state index is 0.0700. The molecule has 10 heteroatoms. The molecule has 0 heterocycles. The van der Waals surface area contributed by atoms with Crippen LogP contribution in [-0.2, 0) is 10.0 Å². The molecule has 0 atom stereocenters. The van der Waals surface area contributed by atoms with Crippen LogP contribution in [-0.4, -0.2) is 31.9 Å². The Morgan fingerprint density at radius 2 is 1.73 bits per heavy atom. The summed E-state index contributed by atoms with van der Waals surface area (Å²) in [6, 6.07) is 13.5. The molecule has 33 heavy (non-hydrogen) atoms. The fraction of sp³-hybridized carbons (Fsp3) is 0.130. The Labute approximate surface area is 199 Å². The highest BCUT2D eigenvalue weighted by Crippen LogP contribution is 2.28. The Kier molecular flexibility index (Phi) is 7.19. The van der Waals surface area contributed by atoms with E-state index >= 15 is 0 Å². The average Bonchev–Trinajstić information content (AvgIpc) is 2.77. The molecule has 0 aliphatic heterocycles. The minimum Gasteiger partial charge on any atom is -0.478 e. The second-order valence-electron chi connectivity index (χ2n) is 7.07. The predicted octanol–water partition coefficient (Wildman–Crippen LogP) is 5.06. The van der Waals surface area contributed by atoms with Crippen molar-refractivity contribution in [2.75, 3.05) is 16.2 Å². The van der Waals surface area contributed by atoms with Crippen molar-refractivity contribution >= 4 is 49.2 Å². The molecule has 7 nitrogen and oxygen atoms in total. The largest absolute Gasteiger partial charge is 0.478 e. The van der Waals surface area contributed by atoms with Gasteiger partial charge in [0.25, 0.3) is 15.9 Å². The van der Waals surface area contributed by atoms with Crippen LogP contribution in [0.2, 0.25) is 0 Å². The van der Waals surface area contributed by atoms with E-state index in [9.17, 15) is 27.5 Å². The molecule has 0 saturated heterocycles. The van der Waals surface area contributed by atoms with Gasteiger partial charge in [0.15, 0.2) is 0 Å². The zero-order valence-corrected chi connectivity index (χ0v) is 20.1. The smallest absolute Gasteiger partial charge is 0.337 e. The molecule has 3 aromatic carbocycles. The predicted molar refractivity (Wildman–Crippen MR) is 127 cm³/mol. The van der Waals surface area contributed by atoms with Gasteiger partial charge >= 0.3 is 5.97 Å². The van der Waals surface area contributed by atoms with E-state index in [0.717, 1.165) is 10.4 Å². The van der Waals surface area contributed by atoms with Gasteiger partial charge in [-0.2, -0.15) is 0 Å². The average molecular weight is 535 g/mol. The quantitative estimate of drug-likeness (QED) is 0.440. The number of carbonyl (C=O) groups excluding carboxylic acids is 1. The molecule has 0 radical (unpaired) electrons. The molecule has 3 rings (SSSR count). The van der Waals surface area contributed by atoms with Crippen LogP contribution >= 0.6 is 15.9 Å². The van der Waals surface area contributed by atoms with Gasteiger partial charge in [0.05, 0.1) is 21.8 Å². The molecule has 172 valence electrons. The van der Waals surface area contributed by atoms with Gasteiger partial charge < -0.3 is 10.4 Å². The number of sulfonamides is 1. The first-order valence-electron chi connectivity index (χ1n) is 9.77. The van der Waals surface area contributed by atoms with Gasteiger partial charge in [-0.15, -0.1) is 0 Å². The fourth-order valence-corrected chi connectivity index (χ4v) is 5.11. The summed E-state index contributed by atoms with van der Waals surface area (Å²) in [6.07, 6.45) is 0. The Morgan fingerprint density at radius 1 is 1.06 bits per heavy atom. The van der Waals surface area contributed by atoms with Crippen LogP contribution < -0.4 is 9.62 Å². The van der Waals surface area contributed by atoms with Crippen molar-refractivity contribution in [3.05, 3.63) is 87.6 Å². The summed E-state index contributed by atoms with van der Waals surface area (Å²) in [5.41, 5.74) is 0.975. The molecule has 0 aromatic heterocycles. The summed E-state index contributed by atoms with van der Waals surface area (Å²) in [5.74, 6) is -2.36. The molecule has 0 bridgehead atoms. The highest BCUT2D eigenvalue weighted by atomic mass is 79.9. The van der Waals surface area contributed by atoms with Crippen LogP contribution in [0.15, 0.2) is 70.0 Å². The number of hydrogen-bond acceptors (Lipinski definition) is 4. The lowest BCUT2D eigenvalue weighted by Crippen LogP contribution is -2.31. The summed E-state index contributed by atoms with van der Waals surface area (Å²) in [6.45, 7) is 3.41. The lowest BCUT2D eigenvalue weighted by atomic mass is 10.1. The standard InChI is InChI=1S/C23H20BrFN2O5S/c1-3-27(21-13-17(25)8-4-14(21)2)33(31,32)18-9-5-15(6-10-18)22(28)26-20-11-7-16(24)12-19(20)23(29)30/h4-13H,3H2,1-2H3,(H,26,28)(H,29,30). The molecular weight excluding hydrogens is 515 g/mol. The van der Waals surface area contributed by atoms with E-state index < -0.39 is 27.7 Å². The molecule has 0 saturated carbocycles. The van der Waals surface area contributed by atoms with Gasteiger partial charge in [-0.1, -0.05) is 22.0 Å². The zero-order valence-electron chi connectivity index (χ0n) is 17.7. The number of benzene rings is 3. The number of halogens is 2. The lowest BCUT2D eigenvalue weighted by Gasteiger charge is -2.24. The first kappa shape index (κ1) is 24.4. The third kappa shape index (κ3) is 5.23. The van der Waals surface area contributed by atoms with E-state index in [0.29, 0.717) is 10.0 Å². The zero-order chi connectivity index (χ0) is 24.3.